The van der Waals surface area contributed by atoms with Gasteiger partial charge in [-0.05, 0) is 13.0 Å². The molecule has 30 heavy (non-hydrogen) atoms. The summed E-state index contributed by atoms with van der Waals surface area (Å²) in [6, 6.07) is 12.4. The maximum Gasteiger partial charge on any atom is 0.270 e. The first kappa shape index (κ1) is 19.0. The highest BCUT2D eigenvalue weighted by Gasteiger charge is 2.37. The second-order valence-electron chi connectivity index (χ2n) is 6.67. The number of rotatable bonds is 5. The lowest BCUT2D eigenvalue weighted by Crippen LogP contribution is -2.37. The number of imide groups is 1. The average Bonchev–Trinajstić information content (AvgIpc) is 3.27. The lowest BCUT2D eigenvalue weighted by Gasteiger charge is -2.12. The van der Waals surface area contributed by atoms with Crippen LogP contribution in [0.25, 0.3) is 11.3 Å². The van der Waals surface area contributed by atoms with E-state index in [-0.39, 0.29) is 22.7 Å². The largest absolute Gasteiger partial charge is 0.338 e. The van der Waals surface area contributed by atoms with Crippen molar-refractivity contribution >= 4 is 29.3 Å². The standard InChI is InChI=1S/C20H14N4O6/c1-11-2-4-12(5-3-11)16-9-18(30-22-16)21-17(25)10-23-19(26)14-7-6-13(24(28)29)8-15(14)20(23)27/h2-9H,10H2,1H3,(H,21,25). The van der Waals surface area contributed by atoms with Gasteiger partial charge in [0.15, 0.2) is 0 Å². The number of nitrogens with zero attached hydrogens (tertiary/aromatic N) is 3. The van der Waals surface area contributed by atoms with Crippen LogP contribution in [-0.4, -0.2) is 39.2 Å². The molecule has 0 bridgehead atoms. The molecule has 3 amide bonds. The summed E-state index contributed by atoms with van der Waals surface area (Å²) in [6.45, 7) is 1.39. The number of carbonyl (C=O) groups is 3. The Kier molecular flexibility index (Phi) is 4.59. The fraction of sp³-hybridized carbons (Fsp3) is 0.100. The van der Waals surface area contributed by atoms with Gasteiger partial charge < -0.3 is 4.52 Å². The lowest BCUT2D eigenvalue weighted by atomic mass is 10.1. The quantitative estimate of drug-likeness (QED) is 0.391. The molecule has 0 saturated heterocycles. The van der Waals surface area contributed by atoms with E-state index in [9.17, 15) is 24.5 Å². The van der Waals surface area contributed by atoms with Crippen molar-refractivity contribution in [2.75, 3.05) is 11.9 Å². The van der Waals surface area contributed by atoms with Crippen LogP contribution in [-0.2, 0) is 4.79 Å². The van der Waals surface area contributed by atoms with Crippen LogP contribution in [0.1, 0.15) is 26.3 Å². The van der Waals surface area contributed by atoms with E-state index < -0.39 is 29.2 Å². The van der Waals surface area contributed by atoms with Gasteiger partial charge in [0.05, 0.1) is 16.1 Å². The molecule has 3 aromatic rings. The van der Waals surface area contributed by atoms with Crippen LogP contribution in [0.5, 0.6) is 0 Å². The molecular formula is C20H14N4O6. The van der Waals surface area contributed by atoms with Crippen LogP contribution in [0.15, 0.2) is 53.1 Å². The highest BCUT2D eigenvalue weighted by Crippen LogP contribution is 2.27. The molecule has 1 aliphatic rings. The minimum Gasteiger partial charge on any atom is -0.338 e. The molecule has 0 atom stereocenters. The third kappa shape index (κ3) is 3.41. The van der Waals surface area contributed by atoms with Crippen molar-refractivity contribution in [2.45, 2.75) is 6.92 Å². The van der Waals surface area contributed by atoms with E-state index in [4.69, 9.17) is 4.52 Å². The van der Waals surface area contributed by atoms with Gasteiger partial charge in [-0.15, -0.1) is 0 Å². The average molecular weight is 406 g/mol. The summed E-state index contributed by atoms with van der Waals surface area (Å²) in [4.78, 5) is 48.1. The minimum atomic E-state index is -0.772. The molecule has 2 aromatic carbocycles. The number of amides is 3. The molecule has 0 aliphatic carbocycles. The van der Waals surface area contributed by atoms with E-state index in [1.807, 2.05) is 31.2 Å². The van der Waals surface area contributed by atoms with Crippen molar-refractivity contribution in [1.82, 2.24) is 10.1 Å². The van der Waals surface area contributed by atoms with Crippen molar-refractivity contribution < 1.29 is 23.8 Å². The van der Waals surface area contributed by atoms with E-state index in [0.29, 0.717) is 5.69 Å². The summed E-state index contributed by atoms with van der Waals surface area (Å²) >= 11 is 0. The van der Waals surface area contributed by atoms with Crippen LogP contribution in [0.3, 0.4) is 0 Å². The molecule has 10 heteroatoms. The first-order valence-corrected chi connectivity index (χ1v) is 8.82. The molecule has 1 aliphatic heterocycles. The smallest absolute Gasteiger partial charge is 0.270 e. The summed E-state index contributed by atoms with van der Waals surface area (Å²) in [5, 5.41) is 17.2. The fourth-order valence-electron chi connectivity index (χ4n) is 3.05. The zero-order chi connectivity index (χ0) is 21.4. The predicted octanol–water partition coefficient (Wildman–Crippen LogP) is 2.79. The van der Waals surface area contributed by atoms with E-state index in [1.54, 1.807) is 0 Å². The maximum absolute atomic E-state index is 12.5. The van der Waals surface area contributed by atoms with Crippen molar-refractivity contribution in [1.29, 1.82) is 0 Å². The number of fused-ring (bicyclic) bond motifs is 1. The van der Waals surface area contributed by atoms with Gasteiger partial charge in [-0.25, -0.2) is 0 Å². The van der Waals surface area contributed by atoms with Crippen molar-refractivity contribution in [2.24, 2.45) is 0 Å². The monoisotopic (exact) mass is 406 g/mol. The van der Waals surface area contributed by atoms with Gasteiger partial charge in [0.2, 0.25) is 11.8 Å². The third-order valence-electron chi connectivity index (χ3n) is 4.59. The minimum absolute atomic E-state index is 0.0136. The zero-order valence-electron chi connectivity index (χ0n) is 15.6. The summed E-state index contributed by atoms with van der Waals surface area (Å²) in [7, 11) is 0. The highest BCUT2D eigenvalue weighted by molar-refractivity contribution is 6.23. The Labute approximate surface area is 169 Å². The number of non-ortho nitro benzene ring substituents is 1. The van der Waals surface area contributed by atoms with Crippen molar-refractivity contribution in [3.05, 3.63) is 75.3 Å². The second kappa shape index (κ2) is 7.24. The number of aryl methyl sites for hydroxylation is 1. The first-order chi connectivity index (χ1) is 14.3. The molecule has 1 N–H and O–H groups in total. The highest BCUT2D eigenvalue weighted by atomic mass is 16.6. The second-order valence-corrected chi connectivity index (χ2v) is 6.67. The Hall–Kier alpha value is -4.34. The topological polar surface area (TPSA) is 136 Å². The molecule has 1 aromatic heterocycles. The van der Waals surface area contributed by atoms with Crippen molar-refractivity contribution in [3.8, 4) is 11.3 Å². The molecule has 0 fully saturated rings. The number of hydrogen-bond donors (Lipinski definition) is 1. The number of anilines is 1. The van der Waals surface area contributed by atoms with Crippen LogP contribution in [0.4, 0.5) is 11.6 Å². The summed E-state index contributed by atoms with van der Waals surface area (Å²) in [5.74, 6) is -2.09. The molecule has 0 radical (unpaired) electrons. The molecule has 150 valence electrons. The fourth-order valence-corrected chi connectivity index (χ4v) is 3.05. The molecule has 0 spiro atoms. The van der Waals surface area contributed by atoms with Gasteiger partial charge >= 0.3 is 0 Å². The number of benzene rings is 2. The molecule has 0 unspecified atom stereocenters. The van der Waals surface area contributed by atoms with Gasteiger partial charge in [0, 0.05) is 23.8 Å². The molecule has 4 rings (SSSR count). The molecule has 2 heterocycles. The Bertz CT molecular complexity index is 1200. The van der Waals surface area contributed by atoms with Gasteiger partial charge in [0.1, 0.15) is 12.2 Å². The van der Waals surface area contributed by atoms with Gasteiger partial charge in [-0.1, -0.05) is 35.0 Å². The number of nitro groups is 1. The molecule has 0 saturated carbocycles. The Morgan fingerprint density at radius 2 is 1.80 bits per heavy atom. The number of nitrogens with one attached hydrogen (secondary N) is 1. The van der Waals surface area contributed by atoms with Crippen LogP contribution in [0, 0.1) is 17.0 Å². The van der Waals surface area contributed by atoms with Crippen LogP contribution in [0.2, 0.25) is 0 Å². The molecule has 10 nitrogen and oxygen atoms in total. The van der Waals surface area contributed by atoms with Crippen LogP contribution >= 0.6 is 0 Å². The third-order valence-corrected chi connectivity index (χ3v) is 4.59. The zero-order valence-corrected chi connectivity index (χ0v) is 15.6. The lowest BCUT2D eigenvalue weighted by molar-refractivity contribution is -0.384. The van der Waals surface area contributed by atoms with E-state index in [2.05, 4.69) is 10.5 Å². The van der Waals surface area contributed by atoms with E-state index in [0.717, 1.165) is 28.2 Å². The first-order valence-electron chi connectivity index (χ1n) is 8.82. The molecular weight excluding hydrogens is 392 g/mol. The summed E-state index contributed by atoms with van der Waals surface area (Å²) in [6.07, 6.45) is 0. The number of nitro benzene ring substituents is 1. The van der Waals surface area contributed by atoms with Crippen LogP contribution < -0.4 is 5.32 Å². The summed E-state index contributed by atoms with van der Waals surface area (Å²) < 4.78 is 5.10. The Morgan fingerprint density at radius 1 is 1.10 bits per heavy atom. The number of hydrogen-bond acceptors (Lipinski definition) is 7. The summed E-state index contributed by atoms with van der Waals surface area (Å²) in [5.41, 5.74) is 1.99. The SMILES string of the molecule is Cc1ccc(-c2cc(NC(=O)CN3C(=O)c4ccc([N+](=O)[O-])cc4C3=O)on2)cc1. The number of carbonyl (C=O) groups excluding carboxylic acids is 3. The maximum atomic E-state index is 12.5. The predicted molar refractivity (Wildman–Crippen MR) is 104 cm³/mol. The Morgan fingerprint density at radius 3 is 2.50 bits per heavy atom. The van der Waals surface area contributed by atoms with Gasteiger partial charge in [-0.2, -0.15) is 0 Å². The van der Waals surface area contributed by atoms with E-state index in [1.165, 1.54) is 12.1 Å². The van der Waals surface area contributed by atoms with Crippen molar-refractivity contribution in [3.63, 3.8) is 0 Å². The van der Waals surface area contributed by atoms with Gasteiger partial charge in [0.25, 0.3) is 17.5 Å². The normalized spacial score (nSPS) is 12.8. The Balaban J connectivity index is 1.46. The number of aromatic nitrogens is 1. The van der Waals surface area contributed by atoms with Gasteiger partial charge in [-0.3, -0.25) is 34.7 Å². The van der Waals surface area contributed by atoms with E-state index >= 15 is 0 Å².